The minimum atomic E-state index is -0.221. The lowest BCUT2D eigenvalue weighted by Crippen LogP contribution is -2.38. The van der Waals surface area contributed by atoms with Crippen molar-refractivity contribution in [3.63, 3.8) is 0 Å². The maximum atomic E-state index is 12.3. The van der Waals surface area contributed by atoms with Gasteiger partial charge in [0, 0.05) is 38.5 Å². The van der Waals surface area contributed by atoms with Gasteiger partial charge in [0.15, 0.2) is 0 Å². The topological polar surface area (TPSA) is 47.6 Å². The quantitative estimate of drug-likeness (QED) is 0.686. The Morgan fingerprint density at radius 2 is 1.81 bits per heavy atom. The van der Waals surface area contributed by atoms with E-state index in [9.17, 15) is 4.79 Å². The van der Waals surface area contributed by atoms with Crippen LogP contribution in [0.1, 0.15) is 68.2 Å². The molecule has 2 heterocycles. The van der Waals surface area contributed by atoms with Gasteiger partial charge < -0.3 is 14.8 Å². The summed E-state index contributed by atoms with van der Waals surface area (Å²) < 4.78 is 11.7. The Kier molecular flexibility index (Phi) is 6.66. The highest BCUT2D eigenvalue weighted by Gasteiger charge is 2.35. The Balaban J connectivity index is 1.32. The molecule has 4 nitrogen and oxygen atoms in total. The summed E-state index contributed by atoms with van der Waals surface area (Å²) in [5, 5.41) is 3.15. The number of rotatable bonds is 7. The molecule has 0 aliphatic carbocycles. The molecule has 2 aromatic rings. The lowest BCUT2D eigenvalue weighted by molar-refractivity contribution is -0.122. The highest BCUT2D eigenvalue weighted by Crippen LogP contribution is 2.37. The fourth-order valence-electron chi connectivity index (χ4n) is 4.68. The molecule has 0 aromatic heterocycles. The molecule has 0 radical (unpaired) electrons. The van der Waals surface area contributed by atoms with Crippen molar-refractivity contribution in [3.8, 4) is 5.75 Å². The molecule has 4 heteroatoms. The molecule has 31 heavy (non-hydrogen) atoms. The second-order valence-corrected chi connectivity index (χ2v) is 9.70. The molecule has 0 unspecified atom stereocenters. The first-order chi connectivity index (χ1) is 14.9. The van der Waals surface area contributed by atoms with Crippen molar-refractivity contribution < 1.29 is 14.3 Å². The van der Waals surface area contributed by atoms with E-state index in [1.54, 1.807) is 0 Å². The number of hydrogen-bond acceptors (Lipinski definition) is 3. The summed E-state index contributed by atoms with van der Waals surface area (Å²) in [6, 6.07) is 15.6. The van der Waals surface area contributed by atoms with Crippen molar-refractivity contribution in [1.82, 2.24) is 5.32 Å². The van der Waals surface area contributed by atoms with Crippen molar-refractivity contribution in [1.29, 1.82) is 0 Å². The number of carbonyl (C=O) groups is 1. The zero-order valence-electron chi connectivity index (χ0n) is 19.1. The number of hydrogen-bond donors (Lipinski definition) is 1. The summed E-state index contributed by atoms with van der Waals surface area (Å²) in [5.74, 6) is 1.67. The molecule has 0 bridgehead atoms. The third-order valence-corrected chi connectivity index (χ3v) is 6.50. The summed E-state index contributed by atoms with van der Waals surface area (Å²) in [4.78, 5) is 12.3. The maximum Gasteiger partial charge on any atom is 0.220 e. The second-order valence-electron chi connectivity index (χ2n) is 9.70. The standard InChI is InChI=1S/C27H35NO3/c1-19(2)22-8-4-21(5-9-22)17-27(3)18-23-16-20(6-10-25(23)31-27)7-11-26(29)28-24-12-14-30-15-13-24/h4-6,8-10,16,19,24H,7,11-15,17-18H2,1-3H3,(H,28,29)/t27-/m1/s1. The van der Waals surface area contributed by atoms with Gasteiger partial charge in [-0.05, 0) is 60.4 Å². The zero-order chi connectivity index (χ0) is 21.8. The van der Waals surface area contributed by atoms with Gasteiger partial charge in [0.1, 0.15) is 11.4 Å². The third kappa shape index (κ3) is 5.68. The molecule has 2 aliphatic heterocycles. The Bertz CT molecular complexity index is 899. The smallest absolute Gasteiger partial charge is 0.220 e. The normalized spacial score (nSPS) is 21.0. The Hall–Kier alpha value is -2.33. The van der Waals surface area contributed by atoms with E-state index in [2.05, 4.69) is 68.6 Å². The van der Waals surface area contributed by atoms with Gasteiger partial charge in [0.05, 0.1) is 0 Å². The SMILES string of the molecule is CC(C)c1ccc(C[C@]2(C)Cc3cc(CCC(=O)NC4CCOCC4)ccc3O2)cc1. The third-order valence-electron chi connectivity index (χ3n) is 6.50. The predicted octanol–water partition coefficient (Wildman–Crippen LogP) is 4.97. The van der Waals surface area contributed by atoms with Gasteiger partial charge in [-0.25, -0.2) is 0 Å². The maximum absolute atomic E-state index is 12.3. The van der Waals surface area contributed by atoms with E-state index in [4.69, 9.17) is 9.47 Å². The van der Waals surface area contributed by atoms with E-state index >= 15 is 0 Å². The Morgan fingerprint density at radius 1 is 1.10 bits per heavy atom. The number of nitrogens with one attached hydrogen (secondary N) is 1. The van der Waals surface area contributed by atoms with Gasteiger partial charge >= 0.3 is 0 Å². The van der Waals surface area contributed by atoms with Gasteiger partial charge in [0.2, 0.25) is 5.91 Å². The number of amides is 1. The lowest BCUT2D eigenvalue weighted by atomic mass is 9.90. The number of aryl methyl sites for hydroxylation is 1. The largest absolute Gasteiger partial charge is 0.487 e. The van der Waals surface area contributed by atoms with E-state index in [1.807, 2.05) is 0 Å². The average Bonchev–Trinajstić information content (AvgIpc) is 3.08. The first kappa shape index (κ1) is 21.9. The van der Waals surface area contributed by atoms with E-state index in [0.717, 1.165) is 51.1 Å². The monoisotopic (exact) mass is 421 g/mol. The van der Waals surface area contributed by atoms with Gasteiger partial charge in [-0.15, -0.1) is 0 Å². The fraction of sp³-hybridized carbons (Fsp3) is 0.519. The van der Waals surface area contributed by atoms with Crippen LogP contribution >= 0.6 is 0 Å². The van der Waals surface area contributed by atoms with Gasteiger partial charge in [-0.2, -0.15) is 0 Å². The van der Waals surface area contributed by atoms with Gasteiger partial charge in [-0.3, -0.25) is 4.79 Å². The number of ether oxygens (including phenoxy) is 2. The molecule has 0 spiro atoms. The summed E-state index contributed by atoms with van der Waals surface area (Å²) in [7, 11) is 0. The van der Waals surface area contributed by atoms with Crippen LogP contribution in [0.3, 0.4) is 0 Å². The number of carbonyl (C=O) groups excluding carboxylic acids is 1. The minimum absolute atomic E-state index is 0.137. The van der Waals surface area contributed by atoms with E-state index in [-0.39, 0.29) is 17.6 Å². The summed E-state index contributed by atoms with van der Waals surface area (Å²) in [6.45, 7) is 8.13. The number of fused-ring (bicyclic) bond motifs is 1. The molecule has 1 atom stereocenters. The predicted molar refractivity (Wildman–Crippen MR) is 124 cm³/mol. The van der Waals surface area contributed by atoms with E-state index in [1.165, 1.54) is 22.3 Å². The highest BCUT2D eigenvalue weighted by atomic mass is 16.5. The summed E-state index contributed by atoms with van der Waals surface area (Å²) in [6.07, 6.45) is 4.91. The van der Waals surface area contributed by atoms with Crippen molar-refractivity contribution in [2.75, 3.05) is 13.2 Å². The molecule has 1 fully saturated rings. The molecule has 0 saturated carbocycles. The van der Waals surface area contributed by atoms with Crippen LogP contribution in [0.2, 0.25) is 0 Å². The first-order valence-electron chi connectivity index (χ1n) is 11.7. The first-order valence-corrected chi connectivity index (χ1v) is 11.7. The molecule has 1 saturated heterocycles. The average molecular weight is 422 g/mol. The van der Waals surface area contributed by atoms with E-state index < -0.39 is 0 Å². The van der Waals surface area contributed by atoms with Crippen LogP contribution < -0.4 is 10.1 Å². The summed E-state index contributed by atoms with van der Waals surface area (Å²) in [5.41, 5.74) is 4.92. The van der Waals surface area contributed by atoms with Crippen LogP contribution in [0.5, 0.6) is 5.75 Å². The lowest BCUT2D eigenvalue weighted by Gasteiger charge is -2.24. The molecule has 2 aliphatic rings. The van der Waals surface area contributed by atoms with Crippen molar-refractivity contribution in [2.24, 2.45) is 0 Å². The fourth-order valence-corrected chi connectivity index (χ4v) is 4.68. The van der Waals surface area contributed by atoms with Crippen molar-refractivity contribution >= 4 is 5.91 Å². The minimum Gasteiger partial charge on any atom is -0.487 e. The van der Waals surface area contributed by atoms with E-state index in [0.29, 0.717) is 12.3 Å². The Labute approximate surface area is 186 Å². The molecule has 4 rings (SSSR count). The van der Waals surface area contributed by atoms with Gasteiger partial charge in [-0.1, -0.05) is 50.2 Å². The molecule has 1 amide bonds. The highest BCUT2D eigenvalue weighted by molar-refractivity contribution is 5.76. The van der Waals surface area contributed by atoms with Crippen LogP contribution in [0, 0.1) is 0 Å². The van der Waals surface area contributed by atoms with Crippen LogP contribution in [0.25, 0.3) is 0 Å². The molecular weight excluding hydrogens is 386 g/mol. The number of benzene rings is 2. The molecule has 166 valence electrons. The van der Waals surface area contributed by atoms with Crippen LogP contribution in [-0.2, 0) is 28.8 Å². The molecular formula is C27H35NO3. The van der Waals surface area contributed by atoms with Crippen LogP contribution in [0.15, 0.2) is 42.5 Å². The molecule has 1 N–H and O–H groups in total. The summed E-state index contributed by atoms with van der Waals surface area (Å²) >= 11 is 0. The zero-order valence-corrected chi connectivity index (χ0v) is 19.1. The van der Waals surface area contributed by atoms with Crippen molar-refractivity contribution in [3.05, 3.63) is 64.7 Å². The molecule has 2 aromatic carbocycles. The Morgan fingerprint density at radius 3 is 2.52 bits per heavy atom. The van der Waals surface area contributed by atoms with Crippen LogP contribution in [0.4, 0.5) is 0 Å². The second kappa shape index (κ2) is 9.44. The van der Waals surface area contributed by atoms with Crippen LogP contribution in [-0.4, -0.2) is 30.8 Å². The van der Waals surface area contributed by atoms with Gasteiger partial charge in [0.25, 0.3) is 0 Å². The van der Waals surface area contributed by atoms with Crippen molar-refractivity contribution in [2.45, 2.75) is 76.9 Å².